The van der Waals surface area contributed by atoms with Crippen LogP contribution in [0.3, 0.4) is 0 Å². The van der Waals surface area contributed by atoms with Crippen LogP contribution in [0.1, 0.15) is 30.5 Å². The van der Waals surface area contributed by atoms with Crippen LogP contribution in [0.4, 0.5) is 11.4 Å². The Hall–Kier alpha value is -5.34. The first-order valence-electron chi connectivity index (χ1n) is 15.7. The van der Waals surface area contributed by atoms with Crippen molar-refractivity contribution < 1.29 is 4.74 Å². The lowest BCUT2D eigenvalue weighted by atomic mass is 9.81. The Morgan fingerprint density at radius 3 is 1.98 bits per heavy atom. The average molecular weight is 580 g/mol. The predicted molar refractivity (Wildman–Crippen MR) is 189 cm³/mol. The van der Waals surface area contributed by atoms with Crippen LogP contribution in [0.5, 0.6) is 11.5 Å². The highest BCUT2D eigenvalue weighted by Gasteiger charge is 2.35. The fourth-order valence-corrected chi connectivity index (χ4v) is 7.88. The summed E-state index contributed by atoms with van der Waals surface area (Å²) in [5.74, 6) is 1.76. The molecule has 216 valence electrons. The van der Waals surface area contributed by atoms with Gasteiger partial charge in [-0.25, -0.2) is 0 Å². The minimum absolute atomic E-state index is 0.0150. The van der Waals surface area contributed by atoms with Gasteiger partial charge in [0, 0.05) is 12.5 Å². The molecule has 2 nitrogen and oxygen atoms in total. The molecule has 1 aliphatic heterocycles. The van der Waals surface area contributed by atoms with Crippen molar-refractivity contribution >= 4 is 32.9 Å². The lowest BCUT2D eigenvalue weighted by molar-refractivity contribution is 0.475. The first-order chi connectivity index (χ1) is 21.9. The third-order valence-corrected chi connectivity index (χ3v) is 10.1. The Labute approximate surface area is 264 Å². The Morgan fingerprint density at radius 2 is 1.13 bits per heavy atom. The second-order valence-electron chi connectivity index (χ2n) is 13.1. The van der Waals surface area contributed by atoms with Crippen LogP contribution in [0.25, 0.3) is 54.9 Å². The van der Waals surface area contributed by atoms with E-state index in [0.29, 0.717) is 0 Å². The van der Waals surface area contributed by atoms with Gasteiger partial charge in [0.1, 0.15) is 0 Å². The number of para-hydroxylation sites is 2. The van der Waals surface area contributed by atoms with Gasteiger partial charge in [-0.05, 0) is 103 Å². The van der Waals surface area contributed by atoms with Crippen molar-refractivity contribution in [3.8, 4) is 44.9 Å². The number of rotatable bonds is 2. The van der Waals surface area contributed by atoms with Crippen LogP contribution in [0.15, 0.2) is 127 Å². The van der Waals surface area contributed by atoms with E-state index in [0.717, 1.165) is 22.9 Å². The third kappa shape index (κ3) is 3.69. The van der Waals surface area contributed by atoms with Crippen LogP contribution < -0.4 is 9.64 Å². The van der Waals surface area contributed by atoms with E-state index < -0.39 is 0 Å². The Balaban J connectivity index is 1.31. The Bertz CT molecular complexity index is 2360. The average Bonchev–Trinajstić information content (AvgIpc) is 3.29. The first-order valence-corrected chi connectivity index (χ1v) is 15.7. The largest absolute Gasteiger partial charge is 0.453 e. The highest BCUT2D eigenvalue weighted by Crippen LogP contribution is 2.52. The van der Waals surface area contributed by atoms with Crippen molar-refractivity contribution in [2.45, 2.75) is 26.2 Å². The van der Waals surface area contributed by atoms with Gasteiger partial charge in [0.05, 0.1) is 11.4 Å². The molecule has 7 aromatic carbocycles. The molecule has 9 rings (SSSR count). The van der Waals surface area contributed by atoms with E-state index in [4.69, 9.17) is 4.74 Å². The van der Waals surface area contributed by atoms with Crippen LogP contribution in [-0.4, -0.2) is 7.05 Å². The van der Waals surface area contributed by atoms with Crippen LogP contribution in [0.2, 0.25) is 0 Å². The van der Waals surface area contributed by atoms with E-state index in [1.54, 1.807) is 0 Å². The molecule has 1 aliphatic carbocycles. The molecule has 0 N–H and O–H groups in total. The van der Waals surface area contributed by atoms with Crippen molar-refractivity contribution in [2.24, 2.45) is 0 Å². The van der Waals surface area contributed by atoms with E-state index >= 15 is 0 Å². The second-order valence-corrected chi connectivity index (χ2v) is 13.1. The smallest absolute Gasteiger partial charge is 0.151 e. The van der Waals surface area contributed by atoms with Crippen molar-refractivity contribution in [2.75, 3.05) is 11.9 Å². The summed E-state index contributed by atoms with van der Waals surface area (Å²) in [5.41, 5.74) is 13.9. The molecule has 7 aromatic rings. The van der Waals surface area contributed by atoms with Crippen molar-refractivity contribution in [1.29, 1.82) is 0 Å². The summed E-state index contributed by atoms with van der Waals surface area (Å²) in [5, 5.41) is 5.06. The maximum absolute atomic E-state index is 6.34. The first kappa shape index (κ1) is 26.1. The third-order valence-electron chi connectivity index (χ3n) is 10.1. The summed E-state index contributed by atoms with van der Waals surface area (Å²) >= 11 is 0. The number of hydrogen-bond acceptors (Lipinski definition) is 2. The quantitative estimate of drug-likeness (QED) is 0.189. The van der Waals surface area contributed by atoms with Crippen LogP contribution in [0, 0.1) is 6.92 Å². The lowest BCUT2D eigenvalue weighted by Crippen LogP contribution is -2.15. The zero-order valence-electron chi connectivity index (χ0n) is 26.0. The molecule has 2 heteroatoms. The SMILES string of the molecule is Cc1ccc2c(-c3ccc4c(c3)N(C)c3ccccc3O4)c3ccccc3c(-c3ccc4c(c3)-c3ccccc3C4(C)C)c2c1. The summed E-state index contributed by atoms with van der Waals surface area (Å²) < 4.78 is 6.34. The van der Waals surface area contributed by atoms with Gasteiger partial charge in [-0.1, -0.05) is 116 Å². The van der Waals surface area contributed by atoms with E-state index in [9.17, 15) is 0 Å². The van der Waals surface area contributed by atoms with Gasteiger partial charge >= 0.3 is 0 Å². The summed E-state index contributed by atoms with van der Waals surface area (Å²) in [4.78, 5) is 2.24. The lowest BCUT2D eigenvalue weighted by Gasteiger charge is -2.30. The summed E-state index contributed by atoms with van der Waals surface area (Å²) in [6.45, 7) is 6.89. The molecular formula is C43H33NO. The molecule has 2 aliphatic rings. The van der Waals surface area contributed by atoms with Gasteiger partial charge in [-0.15, -0.1) is 0 Å². The molecule has 0 amide bonds. The zero-order chi connectivity index (χ0) is 30.4. The minimum atomic E-state index is -0.0150. The zero-order valence-corrected chi connectivity index (χ0v) is 26.0. The molecule has 0 saturated heterocycles. The fraction of sp³-hybridized carbons (Fsp3) is 0.116. The highest BCUT2D eigenvalue weighted by molar-refractivity contribution is 6.22. The van der Waals surface area contributed by atoms with Gasteiger partial charge in [0.2, 0.25) is 0 Å². The van der Waals surface area contributed by atoms with Crippen LogP contribution in [-0.2, 0) is 5.41 Å². The number of fused-ring (bicyclic) bond motifs is 7. The van der Waals surface area contributed by atoms with E-state index in [1.807, 2.05) is 12.1 Å². The molecule has 0 atom stereocenters. The second kappa shape index (κ2) is 9.33. The van der Waals surface area contributed by atoms with Gasteiger partial charge in [0.25, 0.3) is 0 Å². The van der Waals surface area contributed by atoms with Crippen molar-refractivity contribution in [1.82, 2.24) is 0 Å². The van der Waals surface area contributed by atoms with E-state index in [1.165, 1.54) is 71.6 Å². The molecule has 0 spiro atoms. The fourth-order valence-electron chi connectivity index (χ4n) is 7.88. The molecule has 1 heterocycles. The van der Waals surface area contributed by atoms with E-state index in [-0.39, 0.29) is 5.41 Å². The van der Waals surface area contributed by atoms with E-state index in [2.05, 4.69) is 148 Å². The van der Waals surface area contributed by atoms with Gasteiger partial charge in [-0.3, -0.25) is 0 Å². The number of aryl methyl sites for hydroxylation is 1. The molecule has 0 bridgehead atoms. The standard InChI is InChI=1S/C43H33NO/c1-26-17-20-32-34(23-26)42(27-18-21-36-33(24-27)29-11-7-8-14-35(29)43(36,2)3)31-13-6-5-12-30(31)41(32)28-19-22-40-38(25-28)44(4)37-15-9-10-16-39(37)45-40/h5-25H,1-4H3. The number of benzene rings is 7. The molecule has 45 heavy (non-hydrogen) atoms. The predicted octanol–water partition coefficient (Wildman–Crippen LogP) is 11.8. The normalized spacial score (nSPS) is 14.1. The maximum atomic E-state index is 6.34. The number of nitrogens with zero attached hydrogens (tertiary/aromatic N) is 1. The topological polar surface area (TPSA) is 12.5 Å². The summed E-state index contributed by atoms with van der Waals surface area (Å²) in [6.07, 6.45) is 0. The maximum Gasteiger partial charge on any atom is 0.151 e. The number of anilines is 2. The highest BCUT2D eigenvalue weighted by atomic mass is 16.5. The van der Waals surface area contributed by atoms with Crippen LogP contribution >= 0.6 is 0 Å². The Morgan fingerprint density at radius 1 is 0.511 bits per heavy atom. The molecule has 0 radical (unpaired) electrons. The Kier molecular flexibility index (Phi) is 5.41. The molecule has 0 fully saturated rings. The minimum Gasteiger partial charge on any atom is -0.453 e. The summed E-state index contributed by atoms with van der Waals surface area (Å²) in [6, 6.07) is 46.8. The number of hydrogen-bond donors (Lipinski definition) is 0. The van der Waals surface area contributed by atoms with Gasteiger partial charge < -0.3 is 9.64 Å². The number of ether oxygens (including phenoxy) is 1. The summed E-state index contributed by atoms with van der Waals surface area (Å²) in [7, 11) is 2.12. The van der Waals surface area contributed by atoms with Gasteiger partial charge in [-0.2, -0.15) is 0 Å². The van der Waals surface area contributed by atoms with Crippen molar-refractivity contribution in [3.63, 3.8) is 0 Å². The van der Waals surface area contributed by atoms with Crippen molar-refractivity contribution in [3.05, 3.63) is 144 Å². The van der Waals surface area contributed by atoms with Gasteiger partial charge in [0.15, 0.2) is 11.5 Å². The molecular weight excluding hydrogens is 546 g/mol. The monoisotopic (exact) mass is 579 g/mol. The molecule has 0 saturated carbocycles. The molecule has 0 unspecified atom stereocenters. The molecule has 0 aromatic heterocycles.